The minimum Gasteiger partial charge on any atom is -0.497 e. The number of nitrogens with zero attached hydrogens (tertiary/aromatic N) is 1. The number of ether oxygens (including phenoxy) is 1. The van der Waals surface area contributed by atoms with E-state index in [0.717, 1.165) is 48.2 Å². The third-order valence-electron chi connectivity index (χ3n) is 4.22. The van der Waals surface area contributed by atoms with Crippen LogP contribution in [0.15, 0.2) is 24.3 Å². The summed E-state index contributed by atoms with van der Waals surface area (Å²) in [6, 6.07) is 8.07. The zero-order valence-corrected chi connectivity index (χ0v) is 14.6. The van der Waals surface area contributed by atoms with Gasteiger partial charge in [-0.15, -0.1) is 5.92 Å². The van der Waals surface area contributed by atoms with E-state index in [1.807, 2.05) is 25.1 Å². The molecule has 0 fully saturated rings. The standard InChI is InChI=1S/C20H27NO2/c1-5-7-8-9-10-15(3)20(22)19-14-16-13-17(23-4)11-12-18(16)21(19)6-2/h11-15,20,22H,5-8H2,1-4H3. The maximum Gasteiger partial charge on any atom is 0.119 e. The van der Waals surface area contributed by atoms with Crippen molar-refractivity contribution in [1.82, 2.24) is 4.57 Å². The summed E-state index contributed by atoms with van der Waals surface area (Å²) in [6.07, 6.45) is 2.59. The second-order valence-electron chi connectivity index (χ2n) is 5.90. The van der Waals surface area contributed by atoms with Gasteiger partial charge in [-0.3, -0.25) is 0 Å². The number of aliphatic hydroxyl groups is 1. The van der Waals surface area contributed by atoms with Crippen LogP contribution >= 0.6 is 0 Å². The van der Waals surface area contributed by atoms with Crippen LogP contribution in [0, 0.1) is 17.8 Å². The molecule has 3 heteroatoms. The molecule has 2 atom stereocenters. The molecular formula is C20H27NO2. The quantitative estimate of drug-likeness (QED) is 0.628. The summed E-state index contributed by atoms with van der Waals surface area (Å²) in [5, 5.41) is 11.8. The Morgan fingerprint density at radius 1 is 1.26 bits per heavy atom. The second-order valence-corrected chi connectivity index (χ2v) is 5.90. The first-order chi connectivity index (χ1) is 11.1. The number of aliphatic hydroxyl groups excluding tert-OH is 1. The first kappa shape index (κ1) is 17.4. The van der Waals surface area contributed by atoms with E-state index in [1.165, 1.54) is 0 Å². The van der Waals surface area contributed by atoms with E-state index < -0.39 is 6.10 Å². The maximum atomic E-state index is 10.7. The van der Waals surface area contributed by atoms with Gasteiger partial charge in [0.05, 0.1) is 7.11 Å². The Morgan fingerprint density at radius 3 is 2.70 bits per heavy atom. The zero-order chi connectivity index (χ0) is 16.8. The normalized spacial score (nSPS) is 13.4. The van der Waals surface area contributed by atoms with Crippen molar-refractivity contribution in [2.24, 2.45) is 5.92 Å². The third kappa shape index (κ3) is 3.89. The summed E-state index contributed by atoms with van der Waals surface area (Å²) < 4.78 is 7.45. The fraction of sp³-hybridized carbons (Fsp3) is 0.500. The van der Waals surface area contributed by atoms with Gasteiger partial charge < -0.3 is 14.4 Å². The largest absolute Gasteiger partial charge is 0.497 e. The van der Waals surface area contributed by atoms with Gasteiger partial charge >= 0.3 is 0 Å². The molecule has 0 radical (unpaired) electrons. The lowest BCUT2D eigenvalue weighted by Crippen LogP contribution is -2.12. The van der Waals surface area contributed by atoms with E-state index in [4.69, 9.17) is 4.74 Å². The van der Waals surface area contributed by atoms with Crippen molar-refractivity contribution in [2.45, 2.75) is 52.7 Å². The molecule has 2 unspecified atom stereocenters. The van der Waals surface area contributed by atoms with Crippen molar-refractivity contribution in [1.29, 1.82) is 0 Å². The summed E-state index contributed by atoms with van der Waals surface area (Å²) in [5.74, 6) is 7.14. The fourth-order valence-corrected chi connectivity index (χ4v) is 2.83. The van der Waals surface area contributed by atoms with Crippen molar-refractivity contribution < 1.29 is 9.84 Å². The molecule has 1 heterocycles. The average Bonchev–Trinajstić information content (AvgIpc) is 2.95. The number of fused-ring (bicyclic) bond motifs is 1. The van der Waals surface area contributed by atoms with Gasteiger partial charge in [0.25, 0.3) is 0 Å². The van der Waals surface area contributed by atoms with Gasteiger partial charge in [0.1, 0.15) is 11.9 Å². The molecule has 0 saturated heterocycles. The van der Waals surface area contributed by atoms with Crippen LogP contribution in [0.1, 0.15) is 51.8 Å². The Balaban J connectivity index is 2.31. The number of rotatable bonds is 6. The number of unbranched alkanes of at least 4 members (excludes halogenated alkanes) is 2. The zero-order valence-electron chi connectivity index (χ0n) is 14.6. The first-order valence-electron chi connectivity index (χ1n) is 8.46. The van der Waals surface area contributed by atoms with Crippen molar-refractivity contribution in [3.8, 4) is 17.6 Å². The van der Waals surface area contributed by atoms with Crippen LogP contribution in [0.3, 0.4) is 0 Å². The van der Waals surface area contributed by atoms with E-state index in [2.05, 4.69) is 36.3 Å². The highest BCUT2D eigenvalue weighted by molar-refractivity contribution is 5.83. The predicted molar refractivity (Wildman–Crippen MR) is 95.6 cm³/mol. The predicted octanol–water partition coefficient (Wildman–Crippen LogP) is 4.53. The molecule has 0 aliphatic rings. The van der Waals surface area contributed by atoms with E-state index >= 15 is 0 Å². The molecule has 3 nitrogen and oxygen atoms in total. The van der Waals surface area contributed by atoms with Gasteiger partial charge in [-0.25, -0.2) is 0 Å². The van der Waals surface area contributed by atoms with Crippen LogP contribution < -0.4 is 4.74 Å². The smallest absolute Gasteiger partial charge is 0.119 e. The minimum atomic E-state index is -0.581. The van der Waals surface area contributed by atoms with Crippen LogP contribution in [0.2, 0.25) is 0 Å². The molecule has 0 bridgehead atoms. The molecule has 124 valence electrons. The molecule has 0 saturated carbocycles. The van der Waals surface area contributed by atoms with Crippen molar-refractivity contribution in [3.05, 3.63) is 30.0 Å². The lowest BCUT2D eigenvalue weighted by atomic mass is 10.0. The topological polar surface area (TPSA) is 34.4 Å². The molecule has 1 aromatic heterocycles. The second kappa shape index (κ2) is 8.08. The maximum absolute atomic E-state index is 10.7. The highest BCUT2D eigenvalue weighted by atomic mass is 16.5. The van der Waals surface area contributed by atoms with Crippen molar-refractivity contribution in [2.75, 3.05) is 7.11 Å². The Labute approximate surface area is 139 Å². The average molecular weight is 313 g/mol. The number of hydrogen-bond donors (Lipinski definition) is 1. The SMILES string of the molecule is CCCCC#CC(C)C(O)c1cc2cc(OC)ccc2n1CC. The van der Waals surface area contributed by atoms with Crippen LogP contribution in [0.25, 0.3) is 10.9 Å². The number of aromatic nitrogens is 1. The number of benzene rings is 1. The van der Waals surface area contributed by atoms with Crippen LogP contribution in [0.5, 0.6) is 5.75 Å². The summed E-state index contributed by atoms with van der Waals surface area (Å²) in [5.41, 5.74) is 2.04. The van der Waals surface area contributed by atoms with E-state index in [1.54, 1.807) is 7.11 Å². The lowest BCUT2D eigenvalue weighted by Gasteiger charge is -2.17. The molecule has 0 aliphatic carbocycles. The Bertz CT molecular complexity index is 705. The molecule has 0 spiro atoms. The van der Waals surface area contributed by atoms with E-state index in [9.17, 15) is 5.11 Å². The Hall–Kier alpha value is -1.92. The van der Waals surface area contributed by atoms with Gasteiger partial charge in [-0.05, 0) is 44.5 Å². The summed E-state index contributed by atoms with van der Waals surface area (Å²) in [4.78, 5) is 0. The highest BCUT2D eigenvalue weighted by Gasteiger charge is 2.20. The first-order valence-corrected chi connectivity index (χ1v) is 8.46. The van der Waals surface area contributed by atoms with Crippen molar-refractivity contribution >= 4 is 10.9 Å². The van der Waals surface area contributed by atoms with Crippen LogP contribution in [-0.2, 0) is 6.54 Å². The summed E-state index contributed by atoms with van der Waals surface area (Å²) >= 11 is 0. The molecule has 0 aliphatic heterocycles. The molecule has 23 heavy (non-hydrogen) atoms. The van der Waals surface area contributed by atoms with Gasteiger partial charge in [-0.1, -0.05) is 19.3 Å². The van der Waals surface area contributed by atoms with E-state index in [-0.39, 0.29) is 5.92 Å². The highest BCUT2D eigenvalue weighted by Crippen LogP contribution is 2.30. The number of hydrogen-bond acceptors (Lipinski definition) is 2. The van der Waals surface area contributed by atoms with Crippen molar-refractivity contribution in [3.63, 3.8) is 0 Å². The van der Waals surface area contributed by atoms with Crippen LogP contribution in [0.4, 0.5) is 0 Å². The number of methoxy groups -OCH3 is 1. The van der Waals surface area contributed by atoms with Crippen LogP contribution in [-0.4, -0.2) is 16.8 Å². The molecule has 0 amide bonds. The number of aryl methyl sites for hydroxylation is 1. The third-order valence-corrected chi connectivity index (χ3v) is 4.22. The molecular weight excluding hydrogens is 286 g/mol. The fourth-order valence-electron chi connectivity index (χ4n) is 2.83. The Kier molecular flexibility index (Phi) is 6.12. The van der Waals surface area contributed by atoms with E-state index in [0.29, 0.717) is 0 Å². The monoisotopic (exact) mass is 313 g/mol. The molecule has 2 rings (SSSR count). The Morgan fingerprint density at radius 2 is 2.04 bits per heavy atom. The summed E-state index contributed by atoms with van der Waals surface area (Å²) in [6.45, 7) is 7.06. The van der Waals surface area contributed by atoms with Gasteiger partial charge in [0, 0.05) is 35.5 Å². The molecule has 1 N–H and O–H groups in total. The summed E-state index contributed by atoms with van der Waals surface area (Å²) in [7, 11) is 1.67. The molecule has 1 aromatic carbocycles. The lowest BCUT2D eigenvalue weighted by molar-refractivity contribution is 0.135. The van der Waals surface area contributed by atoms with Gasteiger partial charge in [0.2, 0.25) is 0 Å². The minimum absolute atomic E-state index is 0.0802. The van der Waals surface area contributed by atoms with Gasteiger partial charge in [-0.2, -0.15) is 0 Å². The molecule has 2 aromatic rings. The van der Waals surface area contributed by atoms with Gasteiger partial charge in [0.15, 0.2) is 0 Å².